The number of aromatic nitrogens is 2. The molecule has 4 nitrogen and oxygen atoms in total. The molecule has 19 heavy (non-hydrogen) atoms. The molecular weight excluding hydrogens is 258 g/mol. The number of anilines is 1. The molecule has 0 radical (unpaired) electrons. The second-order valence-electron chi connectivity index (χ2n) is 5.11. The van der Waals surface area contributed by atoms with Crippen LogP contribution in [0.5, 0.6) is 0 Å². The molecule has 0 aliphatic heterocycles. The minimum Gasteiger partial charge on any atom is -0.391 e. The number of aliphatic hydroxyl groups is 1. The van der Waals surface area contributed by atoms with Crippen LogP contribution in [0.2, 0.25) is 0 Å². The summed E-state index contributed by atoms with van der Waals surface area (Å²) in [6.07, 6.45) is 2.47. The molecule has 0 bridgehead atoms. The summed E-state index contributed by atoms with van der Waals surface area (Å²) in [5.41, 5.74) is 1.89. The van der Waals surface area contributed by atoms with Crippen LogP contribution < -0.4 is 4.90 Å². The van der Waals surface area contributed by atoms with Crippen molar-refractivity contribution in [1.29, 1.82) is 0 Å². The van der Waals surface area contributed by atoms with Crippen LogP contribution in [0, 0.1) is 6.92 Å². The van der Waals surface area contributed by atoms with E-state index in [0.29, 0.717) is 6.04 Å². The smallest absolute Gasteiger partial charge is 0.132 e. The van der Waals surface area contributed by atoms with Crippen molar-refractivity contribution in [2.75, 3.05) is 4.90 Å². The lowest BCUT2D eigenvalue weighted by Crippen LogP contribution is -2.27. The van der Waals surface area contributed by atoms with E-state index >= 15 is 0 Å². The Hall–Kier alpha value is -1.33. The number of thiophene rings is 1. The van der Waals surface area contributed by atoms with E-state index in [1.54, 1.807) is 11.3 Å². The van der Waals surface area contributed by atoms with E-state index in [1.807, 2.05) is 18.7 Å². The molecule has 0 atom stereocenters. The zero-order valence-corrected chi connectivity index (χ0v) is 12.2. The zero-order valence-electron chi connectivity index (χ0n) is 11.3. The summed E-state index contributed by atoms with van der Waals surface area (Å²) in [5.74, 6) is 1.08. The first kappa shape index (κ1) is 12.7. The Bertz CT molecular complexity index is 558. The minimum atomic E-state index is 0.0582. The summed E-state index contributed by atoms with van der Waals surface area (Å²) >= 11 is 1.78. The maximum absolute atomic E-state index is 9.61. The van der Waals surface area contributed by atoms with Crippen molar-refractivity contribution in [1.82, 2.24) is 9.78 Å². The van der Waals surface area contributed by atoms with Gasteiger partial charge in [0.1, 0.15) is 5.82 Å². The van der Waals surface area contributed by atoms with Crippen molar-refractivity contribution in [2.24, 2.45) is 7.05 Å². The van der Waals surface area contributed by atoms with Gasteiger partial charge < -0.3 is 10.0 Å². The molecule has 0 unspecified atom stereocenters. The second-order valence-corrected chi connectivity index (χ2v) is 6.14. The van der Waals surface area contributed by atoms with Gasteiger partial charge in [-0.25, -0.2) is 0 Å². The minimum absolute atomic E-state index is 0.0582. The van der Waals surface area contributed by atoms with Gasteiger partial charge in [-0.2, -0.15) is 5.10 Å². The third kappa shape index (κ3) is 2.40. The van der Waals surface area contributed by atoms with E-state index < -0.39 is 0 Å². The van der Waals surface area contributed by atoms with Crippen molar-refractivity contribution in [3.63, 3.8) is 0 Å². The molecule has 1 N–H and O–H groups in total. The highest BCUT2D eigenvalue weighted by atomic mass is 32.1. The molecule has 0 aromatic carbocycles. The summed E-state index contributed by atoms with van der Waals surface area (Å²) in [5, 5.41) is 16.2. The SMILES string of the molecule is Cc1nn(C)c(N(Cc2cccs2)C2CC2)c1CO. The summed E-state index contributed by atoms with van der Waals surface area (Å²) in [6, 6.07) is 4.86. The fraction of sp³-hybridized carbons (Fsp3) is 0.500. The molecule has 2 aromatic rings. The van der Waals surface area contributed by atoms with Crippen molar-refractivity contribution >= 4 is 17.2 Å². The molecule has 1 aliphatic carbocycles. The molecule has 1 saturated carbocycles. The topological polar surface area (TPSA) is 41.3 Å². The zero-order chi connectivity index (χ0) is 13.4. The fourth-order valence-corrected chi connectivity index (χ4v) is 3.27. The van der Waals surface area contributed by atoms with Gasteiger partial charge in [-0.3, -0.25) is 4.68 Å². The van der Waals surface area contributed by atoms with Crippen LogP contribution in [0.4, 0.5) is 5.82 Å². The Labute approximate surface area is 117 Å². The van der Waals surface area contributed by atoms with Gasteiger partial charge in [0.05, 0.1) is 18.8 Å². The van der Waals surface area contributed by atoms with E-state index in [9.17, 15) is 5.11 Å². The standard InChI is InChI=1S/C14H19N3OS/c1-10-13(9-18)14(16(2)15-10)17(11-5-6-11)8-12-4-3-7-19-12/h3-4,7,11,18H,5-6,8-9H2,1-2H3. The Morgan fingerprint density at radius 3 is 2.89 bits per heavy atom. The van der Waals surface area contributed by atoms with Crippen LogP contribution >= 0.6 is 11.3 Å². The normalized spacial score (nSPS) is 14.9. The van der Waals surface area contributed by atoms with Crippen LogP contribution in [0.1, 0.15) is 29.0 Å². The predicted octanol–water partition coefficient (Wildman–Crippen LogP) is 2.45. The van der Waals surface area contributed by atoms with Crippen LogP contribution in [0.25, 0.3) is 0 Å². The molecule has 1 fully saturated rings. The van der Waals surface area contributed by atoms with Crippen molar-refractivity contribution in [2.45, 2.75) is 39.0 Å². The van der Waals surface area contributed by atoms with E-state index in [-0.39, 0.29) is 6.61 Å². The molecule has 102 valence electrons. The van der Waals surface area contributed by atoms with Gasteiger partial charge in [-0.05, 0) is 31.2 Å². The number of aliphatic hydroxyl groups excluding tert-OH is 1. The highest BCUT2D eigenvalue weighted by Gasteiger charge is 2.33. The Balaban J connectivity index is 1.96. The molecule has 1 aliphatic rings. The van der Waals surface area contributed by atoms with Gasteiger partial charge in [0.2, 0.25) is 0 Å². The lowest BCUT2D eigenvalue weighted by Gasteiger charge is -2.25. The van der Waals surface area contributed by atoms with Gasteiger partial charge >= 0.3 is 0 Å². The van der Waals surface area contributed by atoms with Crippen LogP contribution in [-0.4, -0.2) is 20.9 Å². The van der Waals surface area contributed by atoms with Crippen molar-refractivity contribution in [3.8, 4) is 0 Å². The first-order valence-electron chi connectivity index (χ1n) is 6.63. The van der Waals surface area contributed by atoms with E-state index in [2.05, 4.69) is 27.5 Å². The average Bonchev–Trinajstić information content (AvgIpc) is 3.02. The summed E-state index contributed by atoms with van der Waals surface area (Å²) in [7, 11) is 1.96. The molecule has 0 spiro atoms. The number of nitrogens with zero attached hydrogens (tertiary/aromatic N) is 3. The van der Waals surface area contributed by atoms with Gasteiger partial charge in [0, 0.05) is 23.5 Å². The fourth-order valence-electron chi connectivity index (χ4n) is 2.57. The highest BCUT2D eigenvalue weighted by molar-refractivity contribution is 7.09. The lowest BCUT2D eigenvalue weighted by atomic mass is 10.2. The number of hydrogen-bond acceptors (Lipinski definition) is 4. The van der Waals surface area contributed by atoms with Crippen LogP contribution in [0.3, 0.4) is 0 Å². The molecular formula is C14H19N3OS. The van der Waals surface area contributed by atoms with Crippen LogP contribution in [-0.2, 0) is 20.2 Å². The van der Waals surface area contributed by atoms with Crippen molar-refractivity contribution in [3.05, 3.63) is 33.6 Å². The number of hydrogen-bond donors (Lipinski definition) is 1. The maximum atomic E-state index is 9.61. The Kier molecular flexibility index (Phi) is 3.33. The second kappa shape index (κ2) is 4.98. The summed E-state index contributed by atoms with van der Waals surface area (Å²) in [6.45, 7) is 2.93. The largest absolute Gasteiger partial charge is 0.391 e. The van der Waals surface area contributed by atoms with Gasteiger partial charge in [-0.1, -0.05) is 6.07 Å². The molecule has 2 heterocycles. The monoisotopic (exact) mass is 277 g/mol. The lowest BCUT2D eigenvalue weighted by molar-refractivity contribution is 0.281. The van der Waals surface area contributed by atoms with E-state index in [4.69, 9.17) is 0 Å². The third-order valence-corrected chi connectivity index (χ3v) is 4.50. The van der Waals surface area contributed by atoms with E-state index in [1.165, 1.54) is 17.7 Å². The molecule has 5 heteroatoms. The number of rotatable bonds is 5. The van der Waals surface area contributed by atoms with Gasteiger partial charge in [-0.15, -0.1) is 11.3 Å². The molecule has 0 amide bonds. The third-order valence-electron chi connectivity index (χ3n) is 3.64. The number of aryl methyl sites for hydroxylation is 2. The molecule has 3 rings (SSSR count). The highest BCUT2D eigenvalue weighted by Crippen LogP contribution is 2.36. The van der Waals surface area contributed by atoms with Gasteiger partial charge in [0.15, 0.2) is 0 Å². The molecule has 2 aromatic heterocycles. The first-order chi connectivity index (χ1) is 9.20. The average molecular weight is 277 g/mol. The maximum Gasteiger partial charge on any atom is 0.132 e. The van der Waals surface area contributed by atoms with Crippen LogP contribution in [0.15, 0.2) is 17.5 Å². The molecule has 0 saturated heterocycles. The Morgan fingerprint density at radius 1 is 1.53 bits per heavy atom. The quantitative estimate of drug-likeness (QED) is 0.912. The van der Waals surface area contributed by atoms with E-state index in [0.717, 1.165) is 23.6 Å². The van der Waals surface area contributed by atoms with Crippen molar-refractivity contribution < 1.29 is 5.11 Å². The predicted molar refractivity (Wildman–Crippen MR) is 77.4 cm³/mol. The van der Waals surface area contributed by atoms with Gasteiger partial charge in [0.25, 0.3) is 0 Å². The summed E-state index contributed by atoms with van der Waals surface area (Å²) in [4.78, 5) is 3.76. The summed E-state index contributed by atoms with van der Waals surface area (Å²) < 4.78 is 1.91. The first-order valence-corrected chi connectivity index (χ1v) is 7.51. The Morgan fingerprint density at radius 2 is 2.32 bits per heavy atom.